The number of nitrogens with zero attached hydrogens (tertiary/aromatic N) is 1. The summed E-state index contributed by atoms with van der Waals surface area (Å²) in [5, 5.41) is 0.597. The monoisotopic (exact) mass is 307 g/mol. The van der Waals surface area contributed by atoms with Crippen molar-refractivity contribution in [3.8, 4) is 0 Å². The third kappa shape index (κ3) is 2.94. The summed E-state index contributed by atoms with van der Waals surface area (Å²) in [4.78, 5) is 2.21. The number of benzene rings is 1. The van der Waals surface area contributed by atoms with E-state index in [2.05, 4.69) is 20.8 Å². The molecule has 0 aromatic heterocycles. The quantitative estimate of drug-likeness (QED) is 0.779. The van der Waals surface area contributed by atoms with Crippen LogP contribution >= 0.6 is 27.5 Å². The Hall–Kier alpha value is -0.160. The average molecular weight is 309 g/mol. The summed E-state index contributed by atoms with van der Waals surface area (Å²) in [5.41, 5.74) is 0.823. The number of ether oxygens (including phenoxy) is 1. The molecule has 0 amide bonds. The van der Waals surface area contributed by atoms with Gasteiger partial charge in [-0.1, -0.05) is 11.6 Å². The lowest BCUT2D eigenvalue weighted by molar-refractivity contribution is 0.0341. The van der Waals surface area contributed by atoms with Crippen LogP contribution in [0.25, 0.3) is 0 Å². The Balaban J connectivity index is 2.11. The van der Waals surface area contributed by atoms with Gasteiger partial charge in [0.25, 0.3) is 0 Å². The predicted octanol–water partition coefficient (Wildman–Crippen LogP) is 3.07. The van der Waals surface area contributed by atoms with Crippen LogP contribution in [0.4, 0.5) is 4.39 Å². The number of rotatable bonds is 2. The summed E-state index contributed by atoms with van der Waals surface area (Å²) in [6.45, 7) is 3.88. The minimum absolute atomic E-state index is 0.271. The van der Waals surface area contributed by atoms with Gasteiger partial charge in [-0.15, -0.1) is 0 Å². The molecule has 1 fully saturated rings. The summed E-state index contributed by atoms with van der Waals surface area (Å²) in [7, 11) is 0. The lowest BCUT2D eigenvalue weighted by Gasteiger charge is -2.26. The molecule has 0 unspecified atom stereocenters. The van der Waals surface area contributed by atoms with Crippen LogP contribution in [-0.2, 0) is 11.3 Å². The largest absolute Gasteiger partial charge is 0.379 e. The second-order valence-corrected chi connectivity index (χ2v) is 5.01. The molecule has 2 nitrogen and oxygen atoms in total. The van der Waals surface area contributed by atoms with Crippen molar-refractivity contribution < 1.29 is 9.13 Å². The lowest BCUT2D eigenvalue weighted by atomic mass is 10.2. The van der Waals surface area contributed by atoms with E-state index in [4.69, 9.17) is 16.3 Å². The topological polar surface area (TPSA) is 12.5 Å². The Morgan fingerprint density at radius 1 is 1.38 bits per heavy atom. The Morgan fingerprint density at radius 3 is 2.75 bits per heavy atom. The molecule has 16 heavy (non-hydrogen) atoms. The fraction of sp³-hybridized carbons (Fsp3) is 0.455. The van der Waals surface area contributed by atoms with Crippen molar-refractivity contribution in [2.75, 3.05) is 26.3 Å². The van der Waals surface area contributed by atoms with Crippen molar-refractivity contribution in [3.05, 3.63) is 33.0 Å². The van der Waals surface area contributed by atoms with Gasteiger partial charge in [-0.3, -0.25) is 4.90 Å². The first-order valence-electron chi connectivity index (χ1n) is 5.10. The van der Waals surface area contributed by atoms with Crippen molar-refractivity contribution in [3.63, 3.8) is 0 Å². The fourth-order valence-corrected chi connectivity index (χ4v) is 2.38. The molecule has 1 saturated heterocycles. The molecule has 1 aromatic rings. The van der Waals surface area contributed by atoms with E-state index < -0.39 is 0 Å². The molecular formula is C11H12BrClFNO. The first-order valence-corrected chi connectivity index (χ1v) is 6.27. The molecular weight excluding hydrogens is 296 g/mol. The molecule has 5 heteroatoms. The van der Waals surface area contributed by atoms with Crippen molar-refractivity contribution in [1.29, 1.82) is 0 Å². The molecule has 0 radical (unpaired) electrons. The molecule has 88 valence electrons. The van der Waals surface area contributed by atoms with Crippen molar-refractivity contribution in [2.45, 2.75) is 6.54 Å². The van der Waals surface area contributed by atoms with E-state index in [0.29, 0.717) is 16.0 Å². The van der Waals surface area contributed by atoms with Gasteiger partial charge in [0.05, 0.1) is 17.7 Å². The van der Waals surface area contributed by atoms with Gasteiger partial charge in [0.1, 0.15) is 5.82 Å². The molecule has 1 aromatic carbocycles. The van der Waals surface area contributed by atoms with Crippen LogP contribution in [0.3, 0.4) is 0 Å². The molecule has 1 aliphatic heterocycles. The maximum atomic E-state index is 13.4. The van der Waals surface area contributed by atoms with Crippen LogP contribution in [0.2, 0.25) is 5.02 Å². The number of morpholine rings is 1. The van der Waals surface area contributed by atoms with Crippen LogP contribution in [-0.4, -0.2) is 31.2 Å². The van der Waals surface area contributed by atoms with Crippen LogP contribution in [0.5, 0.6) is 0 Å². The van der Waals surface area contributed by atoms with E-state index >= 15 is 0 Å². The zero-order valence-corrected chi connectivity index (χ0v) is 11.0. The second kappa shape index (κ2) is 5.45. The van der Waals surface area contributed by atoms with Crippen molar-refractivity contribution in [1.82, 2.24) is 4.90 Å². The maximum absolute atomic E-state index is 13.4. The lowest BCUT2D eigenvalue weighted by Crippen LogP contribution is -2.35. The fourth-order valence-electron chi connectivity index (χ4n) is 1.69. The van der Waals surface area contributed by atoms with Crippen LogP contribution in [0.15, 0.2) is 16.6 Å². The Kier molecular flexibility index (Phi) is 4.19. The third-order valence-corrected chi connectivity index (χ3v) is 3.55. The normalized spacial score (nSPS) is 17.7. The summed E-state index contributed by atoms with van der Waals surface area (Å²) >= 11 is 9.18. The van der Waals surface area contributed by atoms with Crippen LogP contribution in [0, 0.1) is 5.82 Å². The molecule has 1 aliphatic rings. The summed E-state index contributed by atoms with van der Waals surface area (Å²) in [6.07, 6.45) is 0. The highest BCUT2D eigenvalue weighted by atomic mass is 79.9. The van der Waals surface area contributed by atoms with Crippen molar-refractivity contribution in [2.24, 2.45) is 0 Å². The zero-order valence-electron chi connectivity index (χ0n) is 8.68. The van der Waals surface area contributed by atoms with Crippen molar-refractivity contribution >= 4 is 27.5 Å². The number of halogens is 3. The van der Waals surface area contributed by atoms with Gasteiger partial charge in [0, 0.05) is 24.7 Å². The molecule has 0 atom stereocenters. The highest BCUT2D eigenvalue weighted by Gasteiger charge is 2.14. The maximum Gasteiger partial charge on any atom is 0.137 e. The van der Waals surface area contributed by atoms with Gasteiger partial charge in [-0.2, -0.15) is 0 Å². The van der Waals surface area contributed by atoms with Gasteiger partial charge in [0.2, 0.25) is 0 Å². The van der Waals surface area contributed by atoms with E-state index in [-0.39, 0.29) is 5.82 Å². The van der Waals surface area contributed by atoms with Gasteiger partial charge >= 0.3 is 0 Å². The average Bonchev–Trinajstić information content (AvgIpc) is 2.27. The van der Waals surface area contributed by atoms with E-state index in [1.807, 2.05) is 0 Å². The Labute approximate surface area is 107 Å². The molecule has 0 bridgehead atoms. The molecule has 0 aliphatic carbocycles. The number of hydrogen-bond donors (Lipinski definition) is 0. The van der Waals surface area contributed by atoms with E-state index in [9.17, 15) is 4.39 Å². The Morgan fingerprint density at radius 2 is 2.06 bits per heavy atom. The highest BCUT2D eigenvalue weighted by molar-refractivity contribution is 9.10. The summed E-state index contributed by atoms with van der Waals surface area (Å²) in [5.74, 6) is -0.271. The standard InChI is InChI=1S/C11H12BrClFNO/c12-9-6-10(13)8(5-11(9)14)7-15-1-3-16-4-2-15/h5-6H,1-4,7H2. The minimum Gasteiger partial charge on any atom is -0.379 e. The first-order chi connectivity index (χ1) is 7.66. The van der Waals surface area contributed by atoms with Crippen LogP contribution in [0.1, 0.15) is 5.56 Å². The van der Waals surface area contributed by atoms with E-state index in [1.165, 1.54) is 6.07 Å². The molecule has 0 spiro atoms. The van der Waals surface area contributed by atoms with E-state index in [1.54, 1.807) is 6.07 Å². The van der Waals surface area contributed by atoms with Gasteiger partial charge in [-0.25, -0.2) is 4.39 Å². The predicted molar refractivity (Wildman–Crippen MR) is 65.2 cm³/mol. The molecule has 0 saturated carbocycles. The zero-order chi connectivity index (χ0) is 11.5. The highest BCUT2D eigenvalue weighted by Crippen LogP contribution is 2.25. The molecule has 2 rings (SSSR count). The van der Waals surface area contributed by atoms with Gasteiger partial charge in [-0.05, 0) is 33.6 Å². The third-order valence-electron chi connectivity index (χ3n) is 2.59. The van der Waals surface area contributed by atoms with Crippen LogP contribution < -0.4 is 0 Å². The molecule has 0 N–H and O–H groups in total. The molecule has 1 heterocycles. The first kappa shape index (κ1) is 12.3. The SMILES string of the molecule is Fc1cc(CN2CCOCC2)c(Cl)cc1Br. The Bertz CT molecular complexity index is 382. The summed E-state index contributed by atoms with van der Waals surface area (Å²) in [6, 6.07) is 3.09. The smallest absolute Gasteiger partial charge is 0.137 e. The van der Waals surface area contributed by atoms with E-state index in [0.717, 1.165) is 31.9 Å². The van der Waals surface area contributed by atoms with Gasteiger partial charge in [0.15, 0.2) is 0 Å². The summed E-state index contributed by atoms with van der Waals surface area (Å²) < 4.78 is 19.0. The minimum atomic E-state index is -0.271. The number of hydrogen-bond acceptors (Lipinski definition) is 2. The van der Waals surface area contributed by atoms with Gasteiger partial charge < -0.3 is 4.74 Å². The second-order valence-electron chi connectivity index (χ2n) is 3.75.